The van der Waals surface area contributed by atoms with Crippen LogP contribution in [-0.2, 0) is 9.84 Å². The molecule has 2 heterocycles. The molecule has 1 aromatic heterocycles. The highest BCUT2D eigenvalue weighted by atomic mass is 32.2. The zero-order valence-corrected chi connectivity index (χ0v) is 8.43. The van der Waals surface area contributed by atoms with Crippen molar-refractivity contribution in [2.24, 2.45) is 0 Å². The molecule has 0 spiro atoms. The molecule has 0 aliphatic carbocycles. The van der Waals surface area contributed by atoms with Gasteiger partial charge in [0.1, 0.15) is 9.84 Å². The summed E-state index contributed by atoms with van der Waals surface area (Å²) in [6.45, 7) is 0. The van der Waals surface area contributed by atoms with Gasteiger partial charge >= 0.3 is 0 Å². The summed E-state index contributed by atoms with van der Waals surface area (Å²) < 4.78 is 22.3. The fraction of sp³-hybridized carbons (Fsp3) is 0.625. The number of rotatable bonds is 1. The van der Waals surface area contributed by atoms with E-state index in [1.807, 2.05) is 0 Å². The summed E-state index contributed by atoms with van der Waals surface area (Å²) in [5.41, 5.74) is 0.665. The Morgan fingerprint density at radius 3 is 2.36 bits per heavy atom. The Bertz CT molecular complexity index is 457. The first-order valence-electron chi connectivity index (χ1n) is 4.55. The number of nitrogens with one attached hydrogen (secondary N) is 2. The molecule has 6 heteroatoms. The second kappa shape index (κ2) is 3.27. The quantitative estimate of drug-likeness (QED) is 0.693. The average Bonchev–Trinajstić information content (AvgIpc) is 2.52. The molecule has 1 aliphatic heterocycles. The molecule has 1 aromatic rings. The van der Waals surface area contributed by atoms with E-state index in [1.165, 1.54) is 6.07 Å². The summed E-state index contributed by atoms with van der Waals surface area (Å²) in [6.07, 6.45) is 1.21. The normalized spacial score (nSPS) is 22.3. The van der Waals surface area contributed by atoms with Gasteiger partial charge in [0.05, 0.1) is 11.5 Å². The van der Waals surface area contributed by atoms with Crippen LogP contribution in [0.2, 0.25) is 0 Å². The van der Waals surface area contributed by atoms with Crippen molar-refractivity contribution in [3.63, 3.8) is 0 Å². The van der Waals surface area contributed by atoms with Crippen LogP contribution in [0, 0.1) is 0 Å². The van der Waals surface area contributed by atoms with E-state index in [0.29, 0.717) is 12.8 Å². The summed E-state index contributed by atoms with van der Waals surface area (Å²) in [5.74, 6) is 0.632. The van der Waals surface area contributed by atoms with Crippen LogP contribution in [0.5, 0.6) is 0 Å². The molecule has 1 fully saturated rings. The molecule has 2 N–H and O–H groups in total. The maximum Gasteiger partial charge on any atom is 0.264 e. The highest BCUT2D eigenvalue weighted by Crippen LogP contribution is 2.26. The van der Waals surface area contributed by atoms with Crippen molar-refractivity contribution in [2.75, 3.05) is 11.5 Å². The van der Waals surface area contributed by atoms with Crippen molar-refractivity contribution in [3.8, 4) is 0 Å². The highest BCUT2D eigenvalue weighted by Gasteiger charge is 2.25. The summed E-state index contributed by atoms with van der Waals surface area (Å²) in [4.78, 5) is 10.9. The van der Waals surface area contributed by atoms with E-state index in [1.54, 1.807) is 0 Å². The number of H-pyrrole nitrogens is 2. The van der Waals surface area contributed by atoms with Gasteiger partial charge in [0.15, 0.2) is 0 Å². The fourth-order valence-corrected chi connectivity index (χ4v) is 3.26. The standard InChI is InChI=1S/C8H12N2O3S/c11-8-5-7(9-10-8)6-1-3-14(12,13)4-2-6/h5-6H,1-4H2,(H2,9,10,11). The molecule has 5 nitrogen and oxygen atoms in total. The van der Waals surface area contributed by atoms with Crippen molar-refractivity contribution < 1.29 is 8.42 Å². The Hall–Kier alpha value is -1.04. The minimum absolute atomic E-state index is 0.159. The first-order chi connectivity index (χ1) is 6.57. The van der Waals surface area contributed by atoms with Crippen LogP contribution < -0.4 is 5.56 Å². The van der Waals surface area contributed by atoms with E-state index in [-0.39, 0.29) is 23.0 Å². The van der Waals surface area contributed by atoms with Gasteiger partial charge in [0, 0.05) is 17.7 Å². The Morgan fingerprint density at radius 1 is 1.21 bits per heavy atom. The smallest absolute Gasteiger partial charge is 0.264 e. The van der Waals surface area contributed by atoms with E-state index in [2.05, 4.69) is 10.2 Å². The van der Waals surface area contributed by atoms with Gasteiger partial charge in [-0.25, -0.2) is 8.42 Å². The van der Waals surface area contributed by atoms with E-state index < -0.39 is 9.84 Å². The molecular formula is C8H12N2O3S. The van der Waals surface area contributed by atoms with Gasteiger partial charge in [-0.15, -0.1) is 0 Å². The van der Waals surface area contributed by atoms with Crippen molar-refractivity contribution in [3.05, 3.63) is 22.1 Å². The number of hydrogen-bond acceptors (Lipinski definition) is 3. The molecule has 0 amide bonds. The maximum atomic E-state index is 11.2. The first-order valence-corrected chi connectivity index (χ1v) is 6.37. The third-order valence-corrected chi connectivity index (χ3v) is 4.33. The second-order valence-corrected chi connectivity index (χ2v) is 5.94. The lowest BCUT2D eigenvalue weighted by atomic mass is 9.99. The summed E-state index contributed by atoms with van der Waals surface area (Å²) in [7, 11) is -2.82. The van der Waals surface area contributed by atoms with Crippen molar-refractivity contribution in [1.29, 1.82) is 0 Å². The summed E-state index contributed by atoms with van der Waals surface area (Å²) in [6, 6.07) is 1.50. The molecular weight excluding hydrogens is 204 g/mol. The Balaban J connectivity index is 2.13. The SMILES string of the molecule is O=c1cc(C2CCS(=O)(=O)CC2)[nH][nH]1. The molecule has 0 atom stereocenters. The lowest BCUT2D eigenvalue weighted by Gasteiger charge is -2.20. The van der Waals surface area contributed by atoms with E-state index >= 15 is 0 Å². The van der Waals surface area contributed by atoms with Gasteiger partial charge < -0.3 is 5.10 Å². The third kappa shape index (κ3) is 1.89. The zero-order valence-electron chi connectivity index (χ0n) is 7.62. The fourth-order valence-electron chi connectivity index (χ4n) is 1.77. The van der Waals surface area contributed by atoms with Crippen LogP contribution in [-0.4, -0.2) is 30.1 Å². The number of hydrogen-bond donors (Lipinski definition) is 2. The molecule has 1 saturated heterocycles. The van der Waals surface area contributed by atoms with Crippen LogP contribution in [0.1, 0.15) is 24.5 Å². The lowest BCUT2D eigenvalue weighted by Crippen LogP contribution is -2.22. The molecule has 14 heavy (non-hydrogen) atoms. The van der Waals surface area contributed by atoms with Gasteiger partial charge in [0.2, 0.25) is 0 Å². The maximum absolute atomic E-state index is 11.2. The highest BCUT2D eigenvalue weighted by molar-refractivity contribution is 7.91. The van der Waals surface area contributed by atoms with Crippen LogP contribution in [0.4, 0.5) is 0 Å². The first kappa shape index (κ1) is 9.51. The zero-order chi connectivity index (χ0) is 10.2. The lowest BCUT2D eigenvalue weighted by molar-refractivity contribution is 0.544. The van der Waals surface area contributed by atoms with Crippen LogP contribution in [0.15, 0.2) is 10.9 Å². The molecule has 0 unspecified atom stereocenters. The van der Waals surface area contributed by atoms with Gasteiger partial charge in [-0.3, -0.25) is 9.89 Å². The molecule has 0 radical (unpaired) electrons. The van der Waals surface area contributed by atoms with Crippen molar-refractivity contribution >= 4 is 9.84 Å². The molecule has 1 aliphatic rings. The van der Waals surface area contributed by atoms with E-state index in [9.17, 15) is 13.2 Å². The molecule has 0 bridgehead atoms. The Kier molecular flexibility index (Phi) is 2.22. The van der Waals surface area contributed by atoms with E-state index in [0.717, 1.165) is 5.69 Å². The monoisotopic (exact) mass is 216 g/mol. The average molecular weight is 216 g/mol. The van der Waals surface area contributed by atoms with Gasteiger partial charge in [-0.1, -0.05) is 0 Å². The number of aromatic nitrogens is 2. The molecule has 78 valence electrons. The predicted molar refractivity (Wildman–Crippen MR) is 52.0 cm³/mol. The molecule has 2 rings (SSSR count). The second-order valence-electron chi connectivity index (χ2n) is 3.64. The van der Waals surface area contributed by atoms with Crippen molar-refractivity contribution in [1.82, 2.24) is 10.2 Å². The Morgan fingerprint density at radius 2 is 1.86 bits per heavy atom. The van der Waals surface area contributed by atoms with Crippen molar-refractivity contribution in [2.45, 2.75) is 18.8 Å². The number of aromatic amines is 2. The summed E-state index contributed by atoms with van der Waals surface area (Å²) >= 11 is 0. The van der Waals surface area contributed by atoms with Crippen LogP contribution in [0.3, 0.4) is 0 Å². The van der Waals surface area contributed by atoms with Crippen LogP contribution >= 0.6 is 0 Å². The van der Waals surface area contributed by atoms with Gasteiger partial charge in [0.25, 0.3) is 5.56 Å². The Labute approximate surface area is 81.4 Å². The van der Waals surface area contributed by atoms with E-state index in [4.69, 9.17) is 0 Å². The molecule has 0 saturated carbocycles. The summed E-state index contributed by atoms with van der Waals surface area (Å²) in [5, 5.41) is 5.23. The van der Waals surface area contributed by atoms with Gasteiger partial charge in [-0.2, -0.15) is 0 Å². The predicted octanol–water partition coefficient (Wildman–Crippen LogP) is -0.00480. The van der Waals surface area contributed by atoms with Crippen LogP contribution in [0.25, 0.3) is 0 Å². The topological polar surface area (TPSA) is 82.8 Å². The molecule has 0 aromatic carbocycles. The largest absolute Gasteiger partial charge is 0.302 e. The minimum atomic E-state index is -2.82. The number of sulfone groups is 1. The minimum Gasteiger partial charge on any atom is -0.302 e. The van der Waals surface area contributed by atoms with Gasteiger partial charge in [-0.05, 0) is 12.8 Å². The third-order valence-electron chi connectivity index (χ3n) is 2.61.